The lowest BCUT2D eigenvalue weighted by Gasteiger charge is -2.05. The van der Waals surface area contributed by atoms with E-state index < -0.39 is 0 Å². The summed E-state index contributed by atoms with van der Waals surface area (Å²) in [6, 6.07) is 10.2. The second kappa shape index (κ2) is 9.32. The Morgan fingerprint density at radius 1 is 1.38 bits per heavy atom. The minimum atomic E-state index is 0.286. The molecule has 0 heterocycles. The van der Waals surface area contributed by atoms with E-state index in [9.17, 15) is 0 Å². The van der Waals surface area contributed by atoms with Gasteiger partial charge in [0.25, 0.3) is 6.26 Å². The Morgan fingerprint density at radius 2 is 2.10 bits per heavy atom. The topological polar surface area (TPSA) is 83.8 Å². The van der Waals surface area contributed by atoms with E-state index in [2.05, 4.69) is 22.1 Å². The van der Waals surface area contributed by atoms with E-state index in [1.165, 1.54) is 5.56 Å². The molecule has 0 amide bonds. The van der Waals surface area contributed by atoms with E-state index in [4.69, 9.17) is 15.7 Å². The summed E-state index contributed by atoms with van der Waals surface area (Å²) in [7, 11) is 0. The Hall–Kier alpha value is -2.61. The van der Waals surface area contributed by atoms with Crippen LogP contribution < -0.4 is 5.73 Å². The molecule has 0 aliphatic rings. The highest BCUT2D eigenvalue weighted by atomic mass is 16.5. The van der Waals surface area contributed by atoms with Gasteiger partial charge in [0.2, 0.25) is 0 Å². The zero-order chi connectivity index (χ0) is 15.5. The molecule has 2 N–H and O–H groups in total. The molecule has 1 aromatic carbocycles. The van der Waals surface area contributed by atoms with E-state index in [1.807, 2.05) is 18.2 Å². The van der Waals surface area contributed by atoms with Crippen LogP contribution in [0.25, 0.3) is 0 Å². The van der Waals surface area contributed by atoms with Gasteiger partial charge >= 0.3 is 0 Å². The summed E-state index contributed by atoms with van der Waals surface area (Å²) in [5.41, 5.74) is 7.58. The molecule has 0 atom stereocenters. The highest BCUT2D eigenvalue weighted by Crippen LogP contribution is 2.08. The minimum absolute atomic E-state index is 0.286. The zero-order valence-corrected chi connectivity index (χ0v) is 12.4. The van der Waals surface area contributed by atoms with Gasteiger partial charge in [0, 0.05) is 12.8 Å². The van der Waals surface area contributed by atoms with Crippen LogP contribution in [0.15, 0.2) is 51.8 Å². The van der Waals surface area contributed by atoms with Crippen LogP contribution in [0.1, 0.15) is 25.8 Å². The van der Waals surface area contributed by atoms with Gasteiger partial charge in [0.05, 0.1) is 0 Å². The zero-order valence-electron chi connectivity index (χ0n) is 12.4. The molecule has 1 aromatic rings. The molecule has 110 valence electrons. The van der Waals surface area contributed by atoms with Crippen molar-refractivity contribution < 1.29 is 4.74 Å². The lowest BCUT2D eigenvalue weighted by Crippen LogP contribution is -2.16. The second-order valence-corrected chi connectivity index (χ2v) is 4.34. The van der Waals surface area contributed by atoms with Gasteiger partial charge in [-0.1, -0.05) is 30.3 Å². The molecule has 0 fully saturated rings. The first-order chi connectivity index (χ1) is 10.2. The molecule has 5 heteroatoms. The van der Waals surface area contributed by atoms with Crippen molar-refractivity contribution in [3.05, 3.63) is 47.4 Å². The lowest BCUT2D eigenvalue weighted by molar-refractivity contribution is 0.373. The quantitative estimate of drug-likeness (QED) is 0.275. The van der Waals surface area contributed by atoms with Crippen LogP contribution in [0.2, 0.25) is 0 Å². The number of nitrogens with zero attached hydrogens (tertiary/aromatic N) is 3. The van der Waals surface area contributed by atoms with Gasteiger partial charge in [-0.15, -0.1) is 5.26 Å². The molecule has 0 aliphatic carbocycles. The lowest BCUT2D eigenvalue weighted by atomic mass is 10.1. The summed E-state index contributed by atoms with van der Waals surface area (Å²) < 4.78 is 4.76. The fourth-order valence-corrected chi connectivity index (χ4v) is 1.79. The predicted molar refractivity (Wildman–Crippen MR) is 84.8 cm³/mol. The molecule has 0 aromatic heterocycles. The number of nitriles is 1. The van der Waals surface area contributed by atoms with Crippen LogP contribution >= 0.6 is 0 Å². The summed E-state index contributed by atoms with van der Waals surface area (Å²) in [4.78, 5) is 8.40. The van der Waals surface area contributed by atoms with Crippen molar-refractivity contribution in [2.75, 3.05) is 6.54 Å². The van der Waals surface area contributed by atoms with Crippen molar-refractivity contribution in [2.24, 2.45) is 15.7 Å². The fourth-order valence-electron chi connectivity index (χ4n) is 1.79. The van der Waals surface area contributed by atoms with Gasteiger partial charge in [-0.3, -0.25) is 9.98 Å². The van der Waals surface area contributed by atoms with Gasteiger partial charge in [0.1, 0.15) is 17.3 Å². The Bertz CT molecular complexity index is 568. The number of aliphatic imine (C=N–C) groups is 2. The molecule has 0 saturated heterocycles. The Balaban J connectivity index is 2.61. The molecule has 0 radical (unpaired) electrons. The molecule has 1 rings (SSSR count). The molecule has 0 aliphatic heterocycles. The number of benzene rings is 1. The number of allylic oxidation sites excluding steroid dienone is 1. The highest BCUT2D eigenvalue weighted by molar-refractivity contribution is 5.98. The number of hydrogen-bond acceptors (Lipinski definition) is 4. The highest BCUT2D eigenvalue weighted by Gasteiger charge is 2.07. The average molecular weight is 284 g/mol. The number of ether oxygens (including phenoxy) is 1. The van der Waals surface area contributed by atoms with Crippen molar-refractivity contribution in [3.8, 4) is 6.26 Å². The largest absolute Gasteiger partial charge is 0.390 e. The first kappa shape index (κ1) is 16.4. The van der Waals surface area contributed by atoms with Crippen LogP contribution in [0.4, 0.5) is 0 Å². The molecule has 0 unspecified atom stereocenters. The third-order valence-electron chi connectivity index (χ3n) is 2.78. The van der Waals surface area contributed by atoms with Gasteiger partial charge in [-0.2, -0.15) is 0 Å². The van der Waals surface area contributed by atoms with Crippen LogP contribution in [0, 0.1) is 11.5 Å². The maximum Gasteiger partial charge on any atom is 0.291 e. The number of hydrogen-bond donors (Lipinski definition) is 1. The first-order valence-electron chi connectivity index (χ1n) is 6.78. The van der Waals surface area contributed by atoms with Crippen molar-refractivity contribution in [1.82, 2.24) is 0 Å². The van der Waals surface area contributed by atoms with Gasteiger partial charge in [-0.05, 0) is 32.3 Å². The van der Waals surface area contributed by atoms with Crippen molar-refractivity contribution in [1.29, 1.82) is 5.26 Å². The smallest absolute Gasteiger partial charge is 0.291 e. The predicted octanol–water partition coefficient (Wildman–Crippen LogP) is 2.80. The number of amidine groups is 1. The van der Waals surface area contributed by atoms with Crippen molar-refractivity contribution >= 4 is 12.1 Å². The van der Waals surface area contributed by atoms with E-state index >= 15 is 0 Å². The molecule has 21 heavy (non-hydrogen) atoms. The second-order valence-electron chi connectivity index (χ2n) is 4.34. The fraction of sp³-hybridized carbons (Fsp3) is 0.312. The van der Waals surface area contributed by atoms with Gasteiger partial charge in [-0.25, -0.2) is 0 Å². The van der Waals surface area contributed by atoms with E-state index in [-0.39, 0.29) is 5.84 Å². The Labute approximate surface area is 125 Å². The van der Waals surface area contributed by atoms with Crippen molar-refractivity contribution in [2.45, 2.75) is 26.7 Å². The average Bonchev–Trinajstić information content (AvgIpc) is 2.50. The van der Waals surface area contributed by atoms with Crippen molar-refractivity contribution in [3.63, 3.8) is 0 Å². The maximum atomic E-state index is 8.54. The van der Waals surface area contributed by atoms with E-state index in [0.717, 1.165) is 12.8 Å². The van der Waals surface area contributed by atoms with Crippen LogP contribution in [0.5, 0.6) is 0 Å². The molecule has 5 nitrogen and oxygen atoms in total. The number of rotatable bonds is 7. The summed E-state index contributed by atoms with van der Waals surface area (Å²) in [6.45, 7) is 4.00. The standard InChI is InChI=1S/C16H20N4O/c1-3-19-15(13(2)21-12-17)16(18)20-11-7-10-14-8-5-4-6-9-14/h3-6,8-9H,7,10-11H2,1-2H3,(H2,18,20)/b15-13+,19-3?. The summed E-state index contributed by atoms with van der Waals surface area (Å²) in [6.07, 6.45) is 5.04. The molecule has 0 saturated carbocycles. The molecule has 0 spiro atoms. The third-order valence-corrected chi connectivity index (χ3v) is 2.78. The summed E-state index contributed by atoms with van der Waals surface area (Å²) in [5, 5.41) is 8.54. The molecular formula is C16H20N4O. The Morgan fingerprint density at radius 3 is 2.71 bits per heavy atom. The Kier molecular flexibility index (Phi) is 7.30. The molecule has 0 bridgehead atoms. The van der Waals surface area contributed by atoms with E-state index in [1.54, 1.807) is 26.3 Å². The first-order valence-corrected chi connectivity index (χ1v) is 6.78. The van der Waals surface area contributed by atoms with Gasteiger partial charge < -0.3 is 10.5 Å². The van der Waals surface area contributed by atoms with Crippen LogP contribution in [0.3, 0.4) is 0 Å². The summed E-state index contributed by atoms with van der Waals surface area (Å²) >= 11 is 0. The number of nitrogens with two attached hydrogens (primary N) is 1. The molecular weight excluding hydrogens is 264 g/mol. The summed E-state index contributed by atoms with van der Waals surface area (Å²) in [5.74, 6) is 0.633. The van der Waals surface area contributed by atoms with Crippen LogP contribution in [-0.2, 0) is 11.2 Å². The van der Waals surface area contributed by atoms with Crippen LogP contribution in [-0.4, -0.2) is 18.6 Å². The monoisotopic (exact) mass is 284 g/mol. The SMILES string of the molecule is CC=N/C(C(N)=NCCCc1ccccc1)=C(\C)OC#N. The number of aryl methyl sites for hydroxylation is 1. The van der Waals surface area contributed by atoms with Gasteiger partial charge in [0.15, 0.2) is 0 Å². The van der Waals surface area contributed by atoms with E-state index in [0.29, 0.717) is 18.0 Å². The normalized spacial score (nSPS) is 12.9. The maximum absolute atomic E-state index is 8.54. The third kappa shape index (κ3) is 5.91. The minimum Gasteiger partial charge on any atom is -0.390 e.